The molecule has 4 rings (SSSR count). The molecule has 3 unspecified atom stereocenters. The van der Waals surface area contributed by atoms with Crippen molar-refractivity contribution < 1.29 is 19.4 Å². The normalized spacial score (nSPS) is 24.5. The van der Waals surface area contributed by atoms with Gasteiger partial charge >= 0.3 is 5.97 Å². The van der Waals surface area contributed by atoms with Crippen molar-refractivity contribution in [2.24, 2.45) is 0 Å². The quantitative estimate of drug-likeness (QED) is 0.502. The van der Waals surface area contributed by atoms with Crippen molar-refractivity contribution in [1.29, 1.82) is 0 Å². The van der Waals surface area contributed by atoms with Crippen molar-refractivity contribution in [3.05, 3.63) is 107 Å². The van der Waals surface area contributed by atoms with Gasteiger partial charge in [0, 0.05) is 6.42 Å². The Kier molecular flexibility index (Phi) is 5.63. The van der Waals surface area contributed by atoms with E-state index in [9.17, 15) is 19.4 Å². The van der Waals surface area contributed by atoms with Crippen LogP contribution in [0.5, 0.6) is 0 Å². The monoisotopic (exact) mass is 406 g/mol. The lowest BCUT2D eigenvalue weighted by molar-refractivity contribution is -0.147. The lowest BCUT2D eigenvalue weighted by atomic mass is 9.95. The standard InChI is InChI=1S/C24H23FN2O3/c25-19-13-11-16(12-14-19)20(28)15-24(23(29)30)26-21(17-7-3-1-4-8-17)22(27-24)18-9-5-2-6-10-18/h1-14,20-22,26-28H,15H2,(H,29,30). The molecule has 1 saturated heterocycles. The third-order valence-corrected chi connectivity index (χ3v) is 5.57. The van der Waals surface area contributed by atoms with E-state index in [2.05, 4.69) is 10.6 Å². The van der Waals surface area contributed by atoms with Gasteiger partial charge in [0.05, 0.1) is 18.2 Å². The number of carboxylic acid groups (broad SMARTS) is 1. The third-order valence-electron chi connectivity index (χ3n) is 5.57. The predicted octanol–water partition coefficient (Wildman–Crippen LogP) is 3.71. The third kappa shape index (κ3) is 3.98. The van der Waals surface area contributed by atoms with E-state index >= 15 is 0 Å². The van der Waals surface area contributed by atoms with Gasteiger partial charge in [-0.2, -0.15) is 0 Å². The SMILES string of the molecule is O=C(O)C1(CC(O)c2ccc(F)cc2)NC(c2ccccc2)C(c2ccccc2)N1. The van der Waals surface area contributed by atoms with Gasteiger partial charge in [0.25, 0.3) is 0 Å². The molecule has 1 aliphatic heterocycles. The molecule has 1 heterocycles. The molecular weight excluding hydrogens is 383 g/mol. The Morgan fingerprint density at radius 2 is 1.33 bits per heavy atom. The zero-order valence-electron chi connectivity index (χ0n) is 16.2. The number of carbonyl (C=O) groups is 1. The molecule has 0 aliphatic carbocycles. The van der Waals surface area contributed by atoms with Gasteiger partial charge in [0.2, 0.25) is 0 Å². The summed E-state index contributed by atoms with van der Waals surface area (Å²) in [5.74, 6) is -1.52. The van der Waals surface area contributed by atoms with Crippen LogP contribution >= 0.6 is 0 Å². The summed E-state index contributed by atoms with van der Waals surface area (Å²) >= 11 is 0. The Labute approximate surface area is 174 Å². The molecule has 0 spiro atoms. The maximum atomic E-state index is 13.2. The Balaban J connectivity index is 1.69. The molecule has 4 N–H and O–H groups in total. The van der Waals surface area contributed by atoms with Gasteiger partial charge in [0.1, 0.15) is 5.82 Å². The van der Waals surface area contributed by atoms with Gasteiger partial charge in [-0.25, -0.2) is 9.18 Å². The maximum absolute atomic E-state index is 13.2. The van der Waals surface area contributed by atoms with Crippen molar-refractivity contribution in [3.63, 3.8) is 0 Å². The molecule has 0 bridgehead atoms. The number of hydrogen-bond acceptors (Lipinski definition) is 4. The molecule has 6 heteroatoms. The second-order valence-corrected chi connectivity index (χ2v) is 7.55. The fourth-order valence-electron chi connectivity index (χ4n) is 4.03. The molecule has 5 nitrogen and oxygen atoms in total. The van der Waals surface area contributed by atoms with Crippen molar-refractivity contribution in [2.45, 2.75) is 30.3 Å². The summed E-state index contributed by atoms with van der Waals surface area (Å²) in [6.07, 6.45) is -1.21. The summed E-state index contributed by atoms with van der Waals surface area (Å²) in [7, 11) is 0. The van der Waals surface area contributed by atoms with Crippen LogP contribution in [0.2, 0.25) is 0 Å². The lowest BCUT2D eigenvalue weighted by Crippen LogP contribution is -2.57. The number of hydrogen-bond donors (Lipinski definition) is 4. The number of aliphatic hydroxyl groups is 1. The summed E-state index contributed by atoms with van der Waals surface area (Å²) in [6, 6.07) is 24.1. The number of carboxylic acids is 1. The van der Waals surface area contributed by atoms with Crippen molar-refractivity contribution in [1.82, 2.24) is 10.6 Å². The first-order valence-electron chi connectivity index (χ1n) is 9.81. The average Bonchev–Trinajstić information content (AvgIpc) is 3.16. The number of benzene rings is 3. The van der Waals surface area contributed by atoms with E-state index in [-0.39, 0.29) is 18.5 Å². The molecule has 0 amide bonds. The van der Waals surface area contributed by atoms with E-state index in [0.717, 1.165) is 11.1 Å². The van der Waals surface area contributed by atoms with E-state index in [1.807, 2.05) is 60.7 Å². The van der Waals surface area contributed by atoms with Crippen LogP contribution in [-0.2, 0) is 4.79 Å². The minimum Gasteiger partial charge on any atom is -0.479 e. The average molecular weight is 406 g/mol. The number of aliphatic hydroxyl groups excluding tert-OH is 1. The van der Waals surface area contributed by atoms with E-state index in [4.69, 9.17) is 0 Å². The Bertz CT molecular complexity index is 948. The van der Waals surface area contributed by atoms with Crippen LogP contribution in [-0.4, -0.2) is 21.8 Å². The van der Waals surface area contributed by atoms with Crippen molar-refractivity contribution >= 4 is 5.97 Å². The number of rotatable bonds is 6. The van der Waals surface area contributed by atoms with Gasteiger partial charge in [0.15, 0.2) is 5.66 Å². The van der Waals surface area contributed by atoms with Crippen LogP contribution in [0.1, 0.15) is 41.3 Å². The van der Waals surface area contributed by atoms with Crippen LogP contribution in [0.25, 0.3) is 0 Å². The highest BCUT2D eigenvalue weighted by molar-refractivity contribution is 5.79. The summed E-state index contributed by atoms with van der Waals surface area (Å²) in [6.45, 7) is 0. The van der Waals surface area contributed by atoms with Crippen LogP contribution in [0, 0.1) is 5.82 Å². The largest absolute Gasteiger partial charge is 0.479 e. The fraction of sp³-hybridized carbons (Fsp3) is 0.208. The second-order valence-electron chi connectivity index (χ2n) is 7.55. The van der Waals surface area contributed by atoms with Gasteiger partial charge in [-0.1, -0.05) is 72.8 Å². The van der Waals surface area contributed by atoms with Gasteiger partial charge in [-0.3, -0.25) is 10.6 Å². The topological polar surface area (TPSA) is 81.6 Å². The fourth-order valence-corrected chi connectivity index (χ4v) is 4.03. The molecule has 0 aromatic heterocycles. The van der Waals surface area contributed by atoms with Crippen LogP contribution in [0.15, 0.2) is 84.9 Å². The summed E-state index contributed by atoms with van der Waals surface area (Å²) in [5.41, 5.74) is 0.783. The number of aliphatic carboxylic acids is 1. The number of nitrogens with one attached hydrogen (secondary N) is 2. The zero-order valence-corrected chi connectivity index (χ0v) is 16.2. The molecule has 1 aliphatic rings. The van der Waals surface area contributed by atoms with Gasteiger partial charge < -0.3 is 10.2 Å². The molecule has 30 heavy (non-hydrogen) atoms. The summed E-state index contributed by atoms with van der Waals surface area (Å²) in [5, 5.41) is 27.3. The predicted molar refractivity (Wildman–Crippen MR) is 111 cm³/mol. The lowest BCUT2D eigenvalue weighted by Gasteiger charge is -2.28. The second kappa shape index (κ2) is 8.36. The van der Waals surface area contributed by atoms with Gasteiger partial charge in [-0.05, 0) is 28.8 Å². The molecule has 3 aromatic carbocycles. The molecule has 0 radical (unpaired) electrons. The van der Waals surface area contributed by atoms with Crippen LogP contribution in [0.4, 0.5) is 4.39 Å². The smallest absolute Gasteiger partial charge is 0.339 e. The van der Waals surface area contributed by atoms with Crippen molar-refractivity contribution in [2.75, 3.05) is 0 Å². The molecular formula is C24H23FN2O3. The maximum Gasteiger partial charge on any atom is 0.339 e. The van der Waals surface area contributed by atoms with Crippen LogP contribution < -0.4 is 10.6 Å². The van der Waals surface area contributed by atoms with Crippen LogP contribution in [0.3, 0.4) is 0 Å². The Morgan fingerprint density at radius 3 is 1.77 bits per heavy atom. The van der Waals surface area contributed by atoms with E-state index in [1.165, 1.54) is 24.3 Å². The minimum atomic E-state index is -1.56. The van der Waals surface area contributed by atoms with E-state index < -0.39 is 23.6 Å². The first kappa shape index (κ1) is 20.2. The molecule has 0 saturated carbocycles. The first-order chi connectivity index (χ1) is 14.5. The number of halogens is 1. The zero-order chi connectivity index (χ0) is 21.1. The highest BCUT2D eigenvalue weighted by Gasteiger charge is 2.51. The van der Waals surface area contributed by atoms with E-state index in [1.54, 1.807) is 0 Å². The van der Waals surface area contributed by atoms with Crippen molar-refractivity contribution in [3.8, 4) is 0 Å². The van der Waals surface area contributed by atoms with Gasteiger partial charge in [-0.15, -0.1) is 0 Å². The molecule has 1 fully saturated rings. The summed E-state index contributed by atoms with van der Waals surface area (Å²) < 4.78 is 13.2. The highest BCUT2D eigenvalue weighted by atomic mass is 19.1. The Hall–Kier alpha value is -3.06. The molecule has 154 valence electrons. The minimum absolute atomic E-state index is 0.124. The summed E-state index contributed by atoms with van der Waals surface area (Å²) in [4.78, 5) is 12.4. The first-order valence-corrected chi connectivity index (χ1v) is 9.81. The highest BCUT2D eigenvalue weighted by Crippen LogP contribution is 2.40. The van der Waals surface area contributed by atoms with E-state index in [0.29, 0.717) is 5.56 Å². The molecule has 3 aromatic rings. The Morgan fingerprint density at radius 1 is 0.867 bits per heavy atom. The molecule has 3 atom stereocenters.